The summed E-state index contributed by atoms with van der Waals surface area (Å²) in [5.74, 6) is -0.190. The van der Waals surface area contributed by atoms with E-state index in [4.69, 9.17) is 5.26 Å². The van der Waals surface area contributed by atoms with Crippen LogP contribution in [0.3, 0.4) is 0 Å². The van der Waals surface area contributed by atoms with Crippen molar-refractivity contribution in [1.29, 1.82) is 5.26 Å². The lowest BCUT2D eigenvalue weighted by molar-refractivity contribution is -0.115. The van der Waals surface area contributed by atoms with Crippen molar-refractivity contribution in [2.45, 2.75) is 31.2 Å². The number of thioether (sulfide) groups is 1. The number of hydrogen-bond acceptors (Lipinski definition) is 6. The molecule has 0 radical (unpaired) electrons. The number of amides is 1. The first-order valence-electron chi connectivity index (χ1n) is 8.31. The number of tetrazole rings is 1. The molecule has 136 valence electrons. The van der Waals surface area contributed by atoms with Gasteiger partial charge in [-0.15, -0.1) is 5.10 Å². The number of nitrogens with one attached hydrogen (secondary N) is 1. The van der Waals surface area contributed by atoms with Crippen molar-refractivity contribution in [2.75, 3.05) is 5.32 Å². The van der Waals surface area contributed by atoms with Crippen LogP contribution in [0.5, 0.6) is 0 Å². The summed E-state index contributed by atoms with van der Waals surface area (Å²) >= 11 is 1.27. The Bertz CT molecular complexity index is 1020. The normalized spacial score (nSPS) is 11.6. The number of benzene rings is 2. The van der Waals surface area contributed by atoms with E-state index in [0.29, 0.717) is 16.4 Å². The Balaban J connectivity index is 1.75. The summed E-state index contributed by atoms with van der Waals surface area (Å²) in [6.07, 6.45) is 0. The van der Waals surface area contributed by atoms with Gasteiger partial charge in [-0.05, 0) is 61.0 Å². The Labute approximate surface area is 161 Å². The minimum Gasteiger partial charge on any atom is -0.325 e. The van der Waals surface area contributed by atoms with Crippen LogP contribution in [0.25, 0.3) is 5.69 Å². The molecule has 27 heavy (non-hydrogen) atoms. The highest BCUT2D eigenvalue weighted by Crippen LogP contribution is 2.25. The van der Waals surface area contributed by atoms with Crippen LogP contribution in [0.4, 0.5) is 5.69 Å². The fourth-order valence-electron chi connectivity index (χ4n) is 2.57. The molecule has 3 rings (SSSR count). The van der Waals surface area contributed by atoms with Crippen molar-refractivity contribution in [3.05, 3.63) is 59.2 Å². The first-order chi connectivity index (χ1) is 13.0. The molecule has 1 heterocycles. The van der Waals surface area contributed by atoms with Crippen LogP contribution in [0.2, 0.25) is 0 Å². The number of carbonyl (C=O) groups is 1. The van der Waals surface area contributed by atoms with Crippen molar-refractivity contribution in [3.8, 4) is 11.8 Å². The lowest BCUT2D eigenvalue weighted by atomic mass is 10.1. The van der Waals surface area contributed by atoms with E-state index in [1.807, 2.05) is 26.0 Å². The summed E-state index contributed by atoms with van der Waals surface area (Å²) in [6.45, 7) is 5.81. The monoisotopic (exact) mass is 378 g/mol. The maximum absolute atomic E-state index is 12.5. The Hall–Kier alpha value is -3.18. The average Bonchev–Trinajstić information content (AvgIpc) is 3.09. The molecule has 1 aromatic heterocycles. The molecule has 1 atom stereocenters. The molecule has 0 fully saturated rings. The zero-order chi connectivity index (χ0) is 19.4. The Morgan fingerprint density at radius 1 is 1.26 bits per heavy atom. The molecule has 0 saturated carbocycles. The summed E-state index contributed by atoms with van der Waals surface area (Å²) in [5, 5.41) is 23.8. The molecule has 2 aromatic carbocycles. The van der Waals surface area contributed by atoms with E-state index < -0.39 is 5.25 Å². The second kappa shape index (κ2) is 8.01. The molecular weight excluding hydrogens is 360 g/mol. The number of carbonyl (C=O) groups excluding carboxylic acids is 1. The molecule has 3 aromatic rings. The topological polar surface area (TPSA) is 96.5 Å². The highest BCUT2D eigenvalue weighted by Gasteiger charge is 2.20. The number of rotatable bonds is 5. The smallest absolute Gasteiger partial charge is 0.237 e. The Morgan fingerprint density at radius 3 is 2.81 bits per heavy atom. The number of anilines is 1. The zero-order valence-corrected chi connectivity index (χ0v) is 16.0. The predicted octanol–water partition coefficient (Wildman–Crippen LogP) is 3.27. The predicted molar refractivity (Wildman–Crippen MR) is 104 cm³/mol. The first kappa shape index (κ1) is 18.6. The fraction of sp³-hybridized carbons (Fsp3) is 0.211. The second-order valence-electron chi connectivity index (χ2n) is 6.11. The summed E-state index contributed by atoms with van der Waals surface area (Å²) < 4.78 is 1.64. The van der Waals surface area contributed by atoms with Gasteiger partial charge in [0.2, 0.25) is 11.1 Å². The lowest BCUT2D eigenvalue weighted by Gasteiger charge is -2.13. The summed E-state index contributed by atoms with van der Waals surface area (Å²) in [4.78, 5) is 12.5. The van der Waals surface area contributed by atoms with Crippen molar-refractivity contribution >= 4 is 23.4 Å². The van der Waals surface area contributed by atoms with E-state index in [0.717, 1.165) is 16.8 Å². The van der Waals surface area contributed by atoms with Crippen LogP contribution in [0.1, 0.15) is 23.6 Å². The SMILES string of the molecule is Cc1ccc(-n2nnnc2S[C@@H](C)C(=O)Nc2cccc(C#N)c2)c(C)c1. The van der Waals surface area contributed by atoms with Crippen LogP contribution in [-0.2, 0) is 4.79 Å². The number of aromatic nitrogens is 4. The van der Waals surface area contributed by atoms with Gasteiger partial charge in [-0.25, -0.2) is 0 Å². The first-order valence-corrected chi connectivity index (χ1v) is 9.19. The summed E-state index contributed by atoms with van der Waals surface area (Å²) in [5.41, 5.74) is 4.16. The van der Waals surface area contributed by atoms with Crippen LogP contribution in [0, 0.1) is 25.2 Å². The number of aryl methyl sites for hydroxylation is 2. The molecule has 0 aliphatic heterocycles. The maximum Gasteiger partial charge on any atom is 0.237 e. The van der Waals surface area contributed by atoms with Crippen LogP contribution in [0.15, 0.2) is 47.6 Å². The zero-order valence-electron chi connectivity index (χ0n) is 15.2. The van der Waals surface area contributed by atoms with Crippen molar-refractivity contribution in [1.82, 2.24) is 20.2 Å². The quantitative estimate of drug-likeness (QED) is 0.685. The summed E-state index contributed by atoms with van der Waals surface area (Å²) in [6, 6.07) is 14.9. The number of hydrogen-bond donors (Lipinski definition) is 1. The van der Waals surface area contributed by atoms with Gasteiger partial charge < -0.3 is 5.32 Å². The third-order valence-electron chi connectivity index (χ3n) is 3.93. The van der Waals surface area contributed by atoms with Crippen molar-refractivity contribution < 1.29 is 4.79 Å². The molecule has 0 saturated heterocycles. The number of nitrogens with zero attached hydrogens (tertiary/aromatic N) is 5. The minimum atomic E-state index is -0.425. The number of nitriles is 1. The molecule has 0 unspecified atom stereocenters. The van der Waals surface area contributed by atoms with Gasteiger partial charge in [-0.1, -0.05) is 35.5 Å². The average molecular weight is 378 g/mol. The molecule has 0 bridgehead atoms. The van der Waals surface area contributed by atoms with Gasteiger partial charge in [0, 0.05) is 5.69 Å². The van der Waals surface area contributed by atoms with Gasteiger partial charge in [0.05, 0.1) is 22.6 Å². The van der Waals surface area contributed by atoms with Gasteiger partial charge >= 0.3 is 0 Å². The third-order valence-corrected chi connectivity index (χ3v) is 4.97. The Kier molecular flexibility index (Phi) is 5.52. The summed E-state index contributed by atoms with van der Waals surface area (Å²) in [7, 11) is 0. The van der Waals surface area contributed by atoms with E-state index >= 15 is 0 Å². The van der Waals surface area contributed by atoms with E-state index in [9.17, 15) is 4.79 Å². The van der Waals surface area contributed by atoms with E-state index in [-0.39, 0.29) is 5.91 Å². The van der Waals surface area contributed by atoms with Crippen LogP contribution >= 0.6 is 11.8 Å². The van der Waals surface area contributed by atoms with Gasteiger partial charge in [0.15, 0.2) is 0 Å². The van der Waals surface area contributed by atoms with Crippen LogP contribution in [-0.4, -0.2) is 31.4 Å². The third kappa shape index (κ3) is 4.33. The largest absolute Gasteiger partial charge is 0.325 e. The van der Waals surface area contributed by atoms with E-state index in [1.54, 1.807) is 35.9 Å². The molecule has 7 nitrogen and oxygen atoms in total. The molecule has 8 heteroatoms. The molecule has 1 amide bonds. The van der Waals surface area contributed by atoms with E-state index in [1.165, 1.54) is 11.8 Å². The highest BCUT2D eigenvalue weighted by atomic mass is 32.2. The van der Waals surface area contributed by atoms with Gasteiger partial charge in [-0.2, -0.15) is 9.94 Å². The van der Waals surface area contributed by atoms with E-state index in [2.05, 4.69) is 33.0 Å². The van der Waals surface area contributed by atoms with Gasteiger partial charge in [0.1, 0.15) is 0 Å². The highest BCUT2D eigenvalue weighted by molar-refractivity contribution is 8.00. The molecule has 0 aliphatic rings. The Morgan fingerprint density at radius 2 is 2.07 bits per heavy atom. The second-order valence-corrected chi connectivity index (χ2v) is 7.41. The molecule has 1 N–H and O–H groups in total. The minimum absolute atomic E-state index is 0.190. The van der Waals surface area contributed by atoms with Gasteiger partial charge in [-0.3, -0.25) is 4.79 Å². The van der Waals surface area contributed by atoms with Crippen LogP contribution < -0.4 is 5.32 Å². The van der Waals surface area contributed by atoms with Crippen molar-refractivity contribution in [2.24, 2.45) is 0 Å². The molecule has 0 spiro atoms. The molecule has 0 aliphatic carbocycles. The maximum atomic E-state index is 12.5. The van der Waals surface area contributed by atoms with Gasteiger partial charge in [0.25, 0.3) is 0 Å². The molecular formula is C19H18N6OS. The lowest BCUT2D eigenvalue weighted by Crippen LogP contribution is -2.23. The fourth-order valence-corrected chi connectivity index (χ4v) is 3.37. The van der Waals surface area contributed by atoms with Crippen molar-refractivity contribution in [3.63, 3.8) is 0 Å². The standard InChI is InChI=1S/C19H18N6OS/c1-12-7-8-17(13(2)9-12)25-19(22-23-24-25)27-14(3)18(26)21-16-6-4-5-15(10-16)11-20/h4-10,14H,1-3H3,(H,21,26)/t14-/m0/s1.